The van der Waals surface area contributed by atoms with Gasteiger partial charge in [0.05, 0.1) is 18.4 Å². The lowest BCUT2D eigenvalue weighted by Gasteiger charge is -2.24. The third kappa shape index (κ3) is 4.81. The molecule has 0 aliphatic rings. The maximum atomic E-state index is 12.3. The Balaban J connectivity index is 2.13. The maximum absolute atomic E-state index is 12.3. The highest BCUT2D eigenvalue weighted by Gasteiger charge is 2.18. The van der Waals surface area contributed by atoms with Gasteiger partial charge in [-0.2, -0.15) is 5.10 Å². The van der Waals surface area contributed by atoms with Gasteiger partial charge in [-0.15, -0.1) is 0 Å². The average Bonchev–Trinajstić information content (AvgIpc) is 2.52. The number of rotatable bonds is 7. The van der Waals surface area contributed by atoms with E-state index < -0.39 is 0 Å². The van der Waals surface area contributed by atoms with Gasteiger partial charge in [-0.25, -0.2) is 4.68 Å². The predicted molar refractivity (Wildman–Crippen MR) is 93.0 cm³/mol. The molecule has 0 aliphatic carbocycles. The van der Waals surface area contributed by atoms with E-state index in [-0.39, 0.29) is 22.6 Å². The number of aliphatic hydroxyl groups is 1. The fraction of sp³-hybridized carbons (Fsp3) is 0.412. The molecule has 0 unspecified atom stereocenters. The first kappa shape index (κ1) is 17.5. The van der Waals surface area contributed by atoms with Crippen LogP contribution in [0.2, 0.25) is 5.02 Å². The minimum atomic E-state index is -0.319. The van der Waals surface area contributed by atoms with Crippen LogP contribution in [0.4, 0.5) is 5.69 Å². The Morgan fingerprint density at radius 2 is 2.00 bits per heavy atom. The molecule has 5 nitrogen and oxygen atoms in total. The van der Waals surface area contributed by atoms with Crippen molar-refractivity contribution in [3.63, 3.8) is 0 Å². The molecule has 0 saturated heterocycles. The molecule has 2 rings (SSSR count). The SMILES string of the molecule is CC(C)(CCO)CNc1cnn(Cc2ccccc2)c(=O)c1Cl. The van der Waals surface area contributed by atoms with Crippen LogP contribution in [-0.4, -0.2) is 28.0 Å². The summed E-state index contributed by atoms with van der Waals surface area (Å²) in [5, 5.41) is 16.5. The third-order valence-corrected chi connectivity index (χ3v) is 4.07. The summed E-state index contributed by atoms with van der Waals surface area (Å²) in [5.74, 6) is 0. The summed E-state index contributed by atoms with van der Waals surface area (Å²) in [6.45, 7) is 5.18. The number of aliphatic hydroxyl groups excluding tert-OH is 1. The zero-order valence-corrected chi connectivity index (χ0v) is 14.2. The number of hydrogen-bond acceptors (Lipinski definition) is 4. The van der Waals surface area contributed by atoms with Crippen molar-refractivity contribution in [1.29, 1.82) is 0 Å². The average molecular weight is 336 g/mol. The predicted octanol–water partition coefficient (Wildman–Crippen LogP) is 2.77. The van der Waals surface area contributed by atoms with Crippen LogP contribution in [0.25, 0.3) is 0 Å². The van der Waals surface area contributed by atoms with Crippen molar-refractivity contribution in [1.82, 2.24) is 9.78 Å². The van der Waals surface area contributed by atoms with Crippen LogP contribution in [0.1, 0.15) is 25.8 Å². The van der Waals surface area contributed by atoms with E-state index in [0.29, 0.717) is 25.2 Å². The van der Waals surface area contributed by atoms with Crippen molar-refractivity contribution in [2.24, 2.45) is 5.41 Å². The van der Waals surface area contributed by atoms with Crippen molar-refractivity contribution in [2.45, 2.75) is 26.8 Å². The van der Waals surface area contributed by atoms with Crippen LogP contribution in [-0.2, 0) is 6.54 Å². The zero-order valence-electron chi connectivity index (χ0n) is 13.4. The summed E-state index contributed by atoms with van der Waals surface area (Å²) in [4.78, 5) is 12.3. The van der Waals surface area contributed by atoms with Gasteiger partial charge in [0, 0.05) is 13.2 Å². The van der Waals surface area contributed by atoms with E-state index in [1.807, 2.05) is 44.2 Å². The summed E-state index contributed by atoms with van der Waals surface area (Å²) in [6, 6.07) is 9.63. The quantitative estimate of drug-likeness (QED) is 0.816. The second-order valence-electron chi connectivity index (χ2n) is 6.31. The Hall–Kier alpha value is -1.85. The fourth-order valence-electron chi connectivity index (χ4n) is 2.18. The van der Waals surface area contributed by atoms with Crippen LogP contribution in [0, 0.1) is 5.41 Å². The summed E-state index contributed by atoms with van der Waals surface area (Å²) < 4.78 is 1.35. The highest BCUT2D eigenvalue weighted by Crippen LogP contribution is 2.22. The minimum Gasteiger partial charge on any atom is -0.396 e. The smallest absolute Gasteiger partial charge is 0.287 e. The molecule has 1 aromatic carbocycles. The second kappa shape index (κ2) is 7.62. The van der Waals surface area contributed by atoms with E-state index in [1.165, 1.54) is 4.68 Å². The van der Waals surface area contributed by atoms with E-state index in [9.17, 15) is 4.79 Å². The van der Waals surface area contributed by atoms with E-state index in [1.54, 1.807) is 6.20 Å². The third-order valence-electron chi connectivity index (χ3n) is 3.71. The molecule has 0 aliphatic heterocycles. The molecule has 1 aromatic heterocycles. The van der Waals surface area contributed by atoms with Gasteiger partial charge in [0.2, 0.25) is 0 Å². The molecule has 2 N–H and O–H groups in total. The van der Waals surface area contributed by atoms with E-state index in [2.05, 4.69) is 10.4 Å². The first-order valence-electron chi connectivity index (χ1n) is 7.57. The molecule has 0 saturated carbocycles. The van der Waals surface area contributed by atoms with Crippen molar-refractivity contribution >= 4 is 17.3 Å². The molecule has 0 radical (unpaired) electrons. The zero-order chi connectivity index (χ0) is 16.9. The number of anilines is 1. The van der Waals surface area contributed by atoms with Gasteiger partial charge in [0.1, 0.15) is 5.02 Å². The van der Waals surface area contributed by atoms with Crippen LogP contribution in [0.5, 0.6) is 0 Å². The van der Waals surface area contributed by atoms with Crippen LogP contribution in [0.3, 0.4) is 0 Å². The normalized spacial score (nSPS) is 11.5. The Kier molecular flexibility index (Phi) is 5.80. The monoisotopic (exact) mass is 335 g/mol. The molecule has 0 bridgehead atoms. The van der Waals surface area contributed by atoms with E-state index in [4.69, 9.17) is 16.7 Å². The highest BCUT2D eigenvalue weighted by atomic mass is 35.5. The Bertz CT molecular complexity index is 699. The Labute approximate surface area is 140 Å². The molecule has 0 atom stereocenters. The van der Waals surface area contributed by atoms with E-state index >= 15 is 0 Å². The number of nitrogens with zero attached hydrogens (tertiary/aromatic N) is 2. The lowest BCUT2D eigenvalue weighted by atomic mass is 9.90. The molecule has 124 valence electrons. The van der Waals surface area contributed by atoms with Crippen LogP contribution >= 0.6 is 11.6 Å². The van der Waals surface area contributed by atoms with Gasteiger partial charge in [-0.3, -0.25) is 4.79 Å². The van der Waals surface area contributed by atoms with Gasteiger partial charge < -0.3 is 10.4 Å². The standard InChI is InChI=1S/C17H22ClN3O2/c1-17(2,8-9-22)12-19-14-10-20-21(16(23)15(14)18)11-13-6-4-3-5-7-13/h3-7,10,19,22H,8-9,11-12H2,1-2H3. The second-order valence-corrected chi connectivity index (χ2v) is 6.69. The maximum Gasteiger partial charge on any atom is 0.287 e. The van der Waals surface area contributed by atoms with Crippen molar-refractivity contribution < 1.29 is 5.11 Å². The summed E-state index contributed by atoms with van der Waals surface area (Å²) in [7, 11) is 0. The first-order chi connectivity index (χ1) is 10.9. The van der Waals surface area contributed by atoms with Crippen molar-refractivity contribution in [3.8, 4) is 0 Å². The molecule has 23 heavy (non-hydrogen) atoms. The molecule has 0 amide bonds. The van der Waals surface area contributed by atoms with Gasteiger partial charge in [0.15, 0.2) is 0 Å². The van der Waals surface area contributed by atoms with Gasteiger partial charge >= 0.3 is 0 Å². The lowest BCUT2D eigenvalue weighted by molar-refractivity contribution is 0.220. The highest BCUT2D eigenvalue weighted by molar-refractivity contribution is 6.32. The van der Waals surface area contributed by atoms with Crippen molar-refractivity contribution in [2.75, 3.05) is 18.5 Å². The summed E-state index contributed by atoms with van der Waals surface area (Å²) in [5.41, 5.74) is 1.09. The van der Waals surface area contributed by atoms with E-state index in [0.717, 1.165) is 5.56 Å². The van der Waals surface area contributed by atoms with Crippen molar-refractivity contribution in [3.05, 3.63) is 57.5 Å². The molecule has 0 fully saturated rings. The molecule has 1 heterocycles. The van der Waals surface area contributed by atoms with Gasteiger partial charge in [-0.05, 0) is 17.4 Å². The number of nitrogens with one attached hydrogen (secondary N) is 1. The molecule has 0 spiro atoms. The number of hydrogen-bond donors (Lipinski definition) is 2. The number of benzene rings is 1. The molecular formula is C17H22ClN3O2. The number of halogens is 1. The Morgan fingerprint density at radius 1 is 1.30 bits per heavy atom. The number of aromatic nitrogens is 2. The molecule has 2 aromatic rings. The molecule has 6 heteroatoms. The van der Waals surface area contributed by atoms with Gasteiger partial charge in [0.25, 0.3) is 5.56 Å². The van der Waals surface area contributed by atoms with Crippen LogP contribution in [0.15, 0.2) is 41.3 Å². The summed E-state index contributed by atoms with van der Waals surface area (Å²) >= 11 is 6.19. The summed E-state index contributed by atoms with van der Waals surface area (Å²) in [6.07, 6.45) is 2.23. The molecular weight excluding hydrogens is 314 g/mol. The van der Waals surface area contributed by atoms with Gasteiger partial charge in [-0.1, -0.05) is 55.8 Å². The largest absolute Gasteiger partial charge is 0.396 e. The Morgan fingerprint density at radius 3 is 2.65 bits per heavy atom. The minimum absolute atomic E-state index is 0.100. The fourth-order valence-corrected chi connectivity index (χ4v) is 2.40. The lowest BCUT2D eigenvalue weighted by Crippen LogP contribution is -2.28. The van der Waals surface area contributed by atoms with Crippen LogP contribution < -0.4 is 10.9 Å². The first-order valence-corrected chi connectivity index (χ1v) is 7.95. The topological polar surface area (TPSA) is 67.2 Å².